The van der Waals surface area contributed by atoms with Gasteiger partial charge in [-0.15, -0.1) is 0 Å². The van der Waals surface area contributed by atoms with Crippen molar-refractivity contribution in [1.29, 1.82) is 0 Å². The van der Waals surface area contributed by atoms with Gasteiger partial charge < -0.3 is 20.1 Å². The molecule has 0 aliphatic heterocycles. The molecule has 1 aromatic carbocycles. The number of benzene rings is 1. The SMILES string of the molecule is CC(C)(C)OC(=O)N[C@@H](Cc1c[nH]c2c(Br)cccc12)C(=O)O. The largest absolute Gasteiger partial charge is 0.480 e. The van der Waals surface area contributed by atoms with Crippen molar-refractivity contribution in [2.45, 2.75) is 38.8 Å². The number of para-hydroxylation sites is 1. The van der Waals surface area contributed by atoms with Crippen LogP contribution in [0.25, 0.3) is 10.9 Å². The smallest absolute Gasteiger partial charge is 0.408 e. The highest BCUT2D eigenvalue weighted by Gasteiger charge is 2.25. The zero-order chi connectivity index (χ0) is 17.2. The lowest BCUT2D eigenvalue weighted by Crippen LogP contribution is -2.44. The third-order valence-corrected chi connectivity index (χ3v) is 3.82. The molecule has 0 radical (unpaired) electrons. The Morgan fingerprint density at radius 1 is 1.39 bits per heavy atom. The monoisotopic (exact) mass is 382 g/mol. The van der Waals surface area contributed by atoms with E-state index in [-0.39, 0.29) is 6.42 Å². The van der Waals surface area contributed by atoms with Gasteiger partial charge in [-0.25, -0.2) is 9.59 Å². The molecule has 7 heteroatoms. The lowest BCUT2D eigenvalue weighted by Gasteiger charge is -2.22. The molecule has 124 valence electrons. The molecule has 0 aliphatic carbocycles. The first kappa shape index (κ1) is 17.3. The average Bonchev–Trinajstić information content (AvgIpc) is 2.80. The summed E-state index contributed by atoms with van der Waals surface area (Å²) in [6.45, 7) is 5.17. The Balaban J connectivity index is 2.17. The maximum atomic E-state index is 11.8. The van der Waals surface area contributed by atoms with Crippen LogP contribution in [0.1, 0.15) is 26.3 Å². The Kier molecular flexibility index (Phi) is 4.99. The number of aromatic amines is 1. The maximum Gasteiger partial charge on any atom is 0.408 e. The number of hydrogen-bond acceptors (Lipinski definition) is 3. The third kappa shape index (κ3) is 4.48. The highest BCUT2D eigenvalue weighted by molar-refractivity contribution is 9.10. The second kappa shape index (κ2) is 6.62. The quantitative estimate of drug-likeness (QED) is 0.754. The molecule has 2 aromatic rings. The van der Waals surface area contributed by atoms with Crippen LogP contribution in [0.15, 0.2) is 28.9 Å². The number of alkyl carbamates (subject to hydrolysis) is 1. The summed E-state index contributed by atoms with van der Waals surface area (Å²) >= 11 is 3.44. The first-order chi connectivity index (χ1) is 10.7. The zero-order valence-electron chi connectivity index (χ0n) is 13.1. The number of hydrogen-bond donors (Lipinski definition) is 3. The van der Waals surface area contributed by atoms with E-state index in [1.807, 2.05) is 18.2 Å². The van der Waals surface area contributed by atoms with E-state index in [4.69, 9.17) is 4.74 Å². The molecule has 23 heavy (non-hydrogen) atoms. The predicted octanol–water partition coefficient (Wildman–Crippen LogP) is 3.45. The number of fused-ring (bicyclic) bond motifs is 1. The average molecular weight is 383 g/mol. The number of rotatable bonds is 4. The zero-order valence-corrected chi connectivity index (χ0v) is 14.7. The van der Waals surface area contributed by atoms with Gasteiger partial charge in [0.05, 0.1) is 5.52 Å². The number of carboxylic acid groups (broad SMARTS) is 1. The minimum absolute atomic E-state index is 0.158. The number of carbonyl (C=O) groups is 2. The molecular formula is C16H19BrN2O4. The number of carboxylic acids is 1. The standard InChI is InChI=1S/C16H19BrN2O4/c1-16(2,3)23-15(22)19-12(14(20)21)7-9-8-18-13-10(9)5-4-6-11(13)17/h4-6,8,12,18H,7H2,1-3H3,(H,19,22)(H,20,21)/t12-/m0/s1. The number of aromatic nitrogens is 1. The summed E-state index contributed by atoms with van der Waals surface area (Å²) in [4.78, 5) is 26.4. The molecule has 0 unspecified atom stereocenters. The second-order valence-electron chi connectivity index (χ2n) is 6.22. The van der Waals surface area contributed by atoms with Gasteiger partial charge >= 0.3 is 12.1 Å². The van der Waals surface area contributed by atoms with Crippen molar-refractivity contribution in [3.63, 3.8) is 0 Å². The van der Waals surface area contributed by atoms with Crippen LogP contribution >= 0.6 is 15.9 Å². The summed E-state index contributed by atoms with van der Waals surface area (Å²) in [6, 6.07) is 4.61. The first-order valence-electron chi connectivity index (χ1n) is 7.14. The molecule has 3 N–H and O–H groups in total. The Morgan fingerprint density at radius 2 is 2.09 bits per heavy atom. The minimum atomic E-state index is -1.11. The summed E-state index contributed by atoms with van der Waals surface area (Å²) in [7, 11) is 0. The minimum Gasteiger partial charge on any atom is -0.480 e. The fourth-order valence-corrected chi connectivity index (χ4v) is 2.69. The van der Waals surface area contributed by atoms with E-state index in [1.165, 1.54) is 0 Å². The van der Waals surface area contributed by atoms with Gasteiger partial charge in [0.1, 0.15) is 11.6 Å². The molecule has 0 spiro atoms. The van der Waals surface area contributed by atoms with Crippen LogP contribution in [0.5, 0.6) is 0 Å². The molecule has 1 atom stereocenters. The van der Waals surface area contributed by atoms with E-state index in [1.54, 1.807) is 27.0 Å². The molecule has 0 aliphatic rings. The Bertz CT molecular complexity index is 733. The highest BCUT2D eigenvalue weighted by Crippen LogP contribution is 2.26. The van der Waals surface area contributed by atoms with Crippen molar-refractivity contribution in [3.8, 4) is 0 Å². The lowest BCUT2D eigenvalue weighted by atomic mass is 10.1. The summed E-state index contributed by atoms with van der Waals surface area (Å²) in [5.41, 5.74) is 1.02. The number of amides is 1. The molecule has 1 amide bonds. The van der Waals surface area contributed by atoms with Gasteiger partial charge in [-0.05, 0) is 48.3 Å². The van der Waals surface area contributed by atoms with Crippen LogP contribution < -0.4 is 5.32 Å². The van der Waals surface area contributed by atoms with Gasteiger partial charge in [-0.3, -0.25) is 0 Å². The normalized spacial score (nSPS) is 12.9. The van der Waals surface area contributed by atoms with E-state index in [0.717, 1.165) is 20.9 Å². The fourth-order valence-electron chi connectivity index (χ4n) is 2.21. The molecule has 0 fully saturated rings. The first-order valence-corrected chi connectivity index (χ1v) is 7.93. The molecule has 2 rings (SSSR count). The van der Waals surface area contributed by atoms with E-state index < -0.39 is 23.7 Å². The maximum absolute atomic E-state index is 11.8. The number of halogens is 1. The van der Waals surface area contributed by atoms with E-state index in [0.29, 0.717) is 0 Å². The summed E-state index contributed by atoms with van der Waals surface area (Å²) in [6.07, 6.45) is 1.17. The molecule has 1 aromatic heterocycles. The van der Waals surface area contributed by atoms with E-state index in [2.05, 4.69) is 26.2 Å². The number of H-pyrrole nitrogens is 1. The third-order valence-electron chi connectivity index (χ3n) is 3.16. The van der Waals surface area contributed by atoms with Crippen molar-refractivity contribution in [2.24, 2.45) is 0 Å². The van der Waals surface area contributed by atoms with Gasteiger partial charge in [-0.2, -0.15) is 0 Å². The molecule has 1 heterocycles. The summed E-state index contributed by atoms with van der Waals surface area (Å²) < 4.78 is 6.01. The van der Waals surface area contributed by atoms with Gasteiger partial charge in [-0.1, -0.05) is 12.1 Å². The van der Waals surface area contributed by atoms with Crippen LogP contribution in [0, 0.1) is 0 Å². The van der Waals surface area contributed by atoms with Crippen LogP contribution in [-0.4, -0.2) is 33.8 Å². The Labute approximate surface area is 142 Å². The molecular weight excluding hydrogens is 364 g/mol. The number of aliphatic carboxylic acids is 1. The van der Waals surface area contributed by atoms with Gasteiger partial charge in [0.15, 0.2) is 0 Å². The molecule has 0 bridgehead atoms. The van der Waals surface area contributed by atoms with Crippen LogP contribution in [0.4, 0.5) is 4.79 Å². The molecule has 0 saturated carbocycles. The predicted molar refractivity (Wildman–Crippen MR) is 90.5 cm³/mol. The van der Waals surface area contributed by atoms with Gasteiger partial charge in [0, 0.05) is 22.5 Å². The fraction of sp³-hybridized carbons (Fsp3) is 0.375. The Morgan fingerprint density at radius 3 is 2.70 bits per heavy atom. The van der Waals surface area contributed by atoms with Gasteiger partial charge in [0.25, 0.3) is 0 Å². The van der Waals surface area contributed by atoms with Gasteiger partial charge in [0.2, 0.25) is 0 Å². The van der Waals surface area contributed by atoms with Crippen molar-refractivity contribution >= 4 is 38.9 Å². The number of carbonyl (C=O) groups excluding carboxylic acids is 1. The lowest BCUT2D eigenvalue weighted by molar-refractivity contribution is -0.139. The highest BCUT2D eigenvalue weighted by atomic mass is 79.9. The van der Waals surface area contributed by atoms with E-state index >= 15 is 0 Å². The Hall–Kier alpha value is -2.02. The number of nitrogens with one attached hydrogen (secondary N) is 2. The van der Waals surface area contributed by atoms with Crippen LogP contribution in [0.2, 0.25) is 0 Å². The van der Waals surface area contributed by atoms with Crippen molar-refractivity contribution < 1.29 is 19.4 Å². The van der Waals surface area contributed by atoms with Crippen LogP contribution in [-0.2, 0) is 16.0 Å². The van der Waals surface area contributed by atoms with Crippen molar-refractivity contribution in [1.82, 2.24) is 10.3 Å². The van der Waals surface area contributed by atoms with Crippen molar-refractivity contribution in [2.75, 3.05) is 0 Å². The van der Waals surface area contributed by atoms with E-state index in [9.17, 15) is 14.7 Å². The summed E-state index contributed by atoms with van der Waals surface area (Å²) in [5, 5.41) is 12.7. The van der Waals surface area contributed by atoms with Crippen molar-refractivity contribution in [3.05, 3.63) is 34.4 Å². The molecule has 0 saturated heterocycles. The second-order valence-corrected chi connectivity index (χ2v) is 7.07. The number of ether oxygens (including phenoxy) is 1. The summed E-state index contributed by atoms with van der Waals surface area (Å²) in [5.74, 6) is -1.11. The van der Waals surface area contributed by atoms with Crippen LogP contribution in [0.3, 0.4) is 0 Å². The topological polar surface area (TPSA) is 91.4 Å². The molecule has 6 nitrogen and oxygen atoms in total.